The third kappa shape index (κ3) is 1.28. The van der Waals surface area contributed by atoms with Crippen LogP contribution >= 0.6 is 0 Å². The van der Waals surface area contributed by atoms with Gasteiger partial charge in [0.25, 0.3) is 0 Å². The minimum absolute atomic E-state index is 0.702. The Balaban J connectivity index is 2.60. The zero-order chi connectivity index (χ0) is 9.26. The quantitative estimate of drug-likeness (QED) is 0.745. The number of para-hydroxylation sites is 1. The maximum absolute atomic E-state index is 5.47. The van der Waals surface area contributed by atoms with Gasteiger partial charge in [0.1, 0.15) is 0 Å². The molecule has 1 heterocycles. The summed E-state index contributed by atoms with van der Waals surface area (Å²) in [7, 11) is 0. The van der Waals surface area contributed by atoms with Crippen LogP contribution in [0.4, 0.5) is 0 Å². The van der Waals surface area contributed by atoms with Crippen molar-refractivity contribution >= 4 is 10.9 Å². The van der Waals surface area contributed by atoms with E-state index in [0.717, 1.165) is 11.4 Å². The van der Waals surface area contributed by atoms with Gasteiger partial charge in [-0.1, -0.05) is 18.2 Å². The monoisotopic (exact) mass is 175 g/mol. The van der Waals surface area contributed by atoms with E-state index in [1.54, 1.807) is 0 Å². The van der Waals surface area contributed by atoms with Gasteiger partial charge in [0.05, 0.1) is 6.61 Å². The molecule has 0 aliphatic carbocycles. The van der Waals surface area contributed by atoms with Gasteiger partial charge >= 0.3 is 0 Å². The van der Waals surface area contributed by atoms with Crippen LogP contribution in [-0.2, 0) is 0 Å². The fourth-order valence-corrected chi connectivity index (χ4v) is 1.55. The van der Waals surface area contributed by atoms with Gasteiger partial charge in [-0.15, -0.1) is 0 Å². The fourth-order valence-electron chi connectivity index (χ4n) is 1.55. The number of aromatic nitrogens is 1. The lowest BCUT2D eigenvalue weighted by atomic mass is 10.2. The summed E-state index contributed by atoms with van der Waals surface area (Å²) in [5, 5.41) is 1.24. The Morgan fingerprint density at radius 2 is 2.08 bits per heavy atom. The smallest absolute Gasteiger partial charge is 0.194 e. The Labute approximate surface area is 77.5 Å². The van der Waals surface area contributed by atoms with Crippen molar-refractivity contribution in [3.63, 3.8) is 0 Å². The van der Waals surface area contributed by atoms with E-state index in [1.165, 1.54) is 10.9 Å². The summed E-state index contributed by atoms with van der Waals surface area (Å²) in [6.45, 7) is 4.77. The van der Waals surface area contributed by atoms with E-state index in [1.807, 2.05) is 19.1 Å². The van der Waals surface area contributed by atoms with Crippen molar-refractivity contribution < 1.29 is 4.74 Å². The average Bonchev–Trinajstić information content (AvgIpc) is 2.46. The standard InChI is InChI=1S/C11H13NO/c1-3-13-11-8(2)9-6-4-5-7-10(9)12-11/h4-7,12H,3H2,1-2H3. The largest absolute Gasteiger partial charge is 0.479 e. The van der Waals surface area contributed by atoms with Crippen molar-refractivity contribution in [2.24, 2.45) is 0 Å². The first kappa shape index (κ1) is 8.17. The summed E-state index contributed by atoms with van der Waals surface area (Å²) in [5.74, 6) is 0.892. The molecule has 2 aromatic rings. The lowest BCUT2D eigenvalue weighted by Crippen LogP contribution is -1.92. The molecular weight excluding hydrogens is 162 g/mol. The Bertz CT molecular complexity index is 417. The number of aromatic amines is 1. The van der Waals surface area contributed by atoms with Gasteiger partial charge in [-0.3, -0.25) is 0 Å². The second-order valence-electron chi connectivity index (χ2n) is 3.06. The first-order valence-corrected chi connectivity index (χ1v) is 4.53. The van der Waals surface area contributed by atoms with Crippen LogP contribution in [0.1, 0.15) is 12.5 Å². The van der Waals surface area contributed by atoms with Crippen LogP contribution in [0.5, 0.6) is 5.88 Å². The summed E-state index contributed by atoms with van der Waals surface area (Å²) in [6, 6.07) is 8.22. The summed E-state index contributed by atoms with van der Waals surface area (Å²) < 4.78 is 5.47. The number of nitrogens with one attached hydrogen (secondary N) is 1. The molecule has 1 aromatic carbocycles. The van der Waals surface area contributed by atoms with Crippen LogP contribution in [0.2, 0.25) is 0 Å². The summed E-state index contributed by atoms with van der Waals surface area (Å²) in [6.07, 6.45) is 0. The van der Waals surface area contributed by atoms with Crippen molar-refractivity contribution in [1.29, 1.82) is 0 Å². The molecular formula is C11H13NO. The molecule has 0 saturated heterocycles. The van der Waals surface area contributed by atoms with E-state index in [9.17, 15) is 0 Å². The van der Waals surface area contributed by atoms with E-state index < -0.39 is 0 Å². The number of hydrogen-bond donors (Lipinski definition) is 1. The minimum Gasteiger partial charge on any atom is -0.479 e. The Kier molecular flexibility index (Phi) is 1.97. The Hall–Kier alpha value is -1.44. The number of rotatable bonds is 2. The Morgan fingerprint density at radius 3 is 2.77 bits per heavy atom. The normalized spacial score (nSPS) is 10.6. The molecule has 2 nitrogen and oxygen atoms in total. The highest BCUT2D eigenvalue weighted by molar-refractivity contribution is 5.85. The molecule has 0 atom stereocenters. The maximum atomic E-state index is 5.47. The molecule has 13 heavy (non-hydrogen) atoms. The highest BCUT2D eigenvalue weighted by Crippen LogP contribution is 2.26. The SMILES string of the molecule is CCOc1[nH]c2ccccc2c1C. The van der Waals surface area contributed by atoms with Gasteiger partial charge in [-0.2, -0.15) is 0 Å². The lowest BCUT2D eigenvalue weighted by Gasteiger charge is -1.99. The number of hydrogen-bond acceptors (Lipinski definition) is 1. The predicted octanol–water partition coefficient (Wildman–Crippen LogP) is 2.88. The summed E-state index contributed by atoms with van der Waals surface area (Å²) >= 11 is 0. The molecule has 0 radical (unpaired) electrons. The van der Waals surface area contributed by atoms with E-state index in [-0.39, 0.29) is 0 Å². The van der Waals surface area contributed by atoms with E-state index in [2.05, 4.69) is 24.0 Å². The van der Waals surface area contributed by atoms with Crippen LogP contribution in [0.25, 0.3) is 10.9 Å². The molecule has 1 aromatic heterocycles. The predicted molar refractivity (Wildman–Crippen MR) is 54.2 cm³/mol. The number of aryl methyl sites for hydroxylation is 1. The Morgan fingerprint density at radius 1 is 1.31 bits per heavy atom. The number of fused-ring (bicyclic) bond motifs is 1. The second-order valence-corrected chi connectivity index (χ2v) is 3.06. The summed E-state index contributed by atoms with van der Waals surface area (Å²) in [4.78, 5) is 3.24. The number of H-pyrrole nitrogens is 1. The van der Waals surface area contributed by atoms with E-state index >= 15 is 0 Å². The highest BCUT2D eigenvalue weighted by atomic mass is 16.5. The van der Waals surface area contributed by atoms with Crippen molar-refractivity contribution in [2.75, 3.05) is 6.61 Å². The molecule has 2 heteroatoms. The molecule has 0 amide bonds. The van der Waals surface area contributed by atoms with Crippen molar-refractivity contribution in [3.05, 3.63) is 29.8 Å². The van der Waals surface area contributed by atoms with Crippen LogP contribution in [0, 0.1) is 6.92 Å². The molecule has 0 unspecified atom stereocenters. The van der Waals surface area contributed by atoms with Gasteiger partial charge in [0, 0.05) is 16.5 Å². The van der Waals surface area contributed by atoms with Crippen molar-refractivity contribution in [3.8, 4) is 5.88 Å². The van der Waals surface area contributed by atoms with Gasteiger partial charge in [0.2, 0.25) is 0 Å². The molecule has 0 bridgehead atoms. The molecule has 68 valence electrons. The topological polar surface area (TPSA) is 25.0 Å². The lowest BCUT2D eigenvalue weighted by molar-refractivity contribution is 0.327. The molecule has 0 aliphatic rings. The van der Waals surface area contributed by atoms with Gasteiger partial charge < -0.3 is 9.72 Å². The third-order valence-electron chi connectivity index (χ3n) is 2.21. The first-order chi connectivity index (χ1) is 6.33. The third-order valence-corrected chi connectivity index (χ3v) is 2.21. The molecule has 0 fully saturated rings. The van der Waals surface area contributed by atoms with Crippen LogP contribution in [0.3, 0.4) is 0 Å². The first-order valence-electron chi connectivity index (χ1n) is 4.53. The maximum Gasteiger partial charge on any atom is 0.194 e. The van der Waals surface area contributed by atoms with Crippen LogP contribution in [-0.4, -0.2) is 11.6 Å². The van der Waals surface area contributed by atoms with Gasteiger partial charge in [0.15, 0.2) is 5.88 Å². The van der Waals surface area contributed by atoms with Crippen molar-refractivity contribution in [2.45, 2.75) is 13.8 Å². The summed E-state index contributed by atoms with van der Waals surface area (Å²) in [5.41, 5.74) is 2.33. The second kappa shape index (κ2) is 3.13. The zero-order valence-electron chi connectivity index (χ0n) is 7.92. The van der Waals surface area contributed by atoms with Crippen LogP contribution in [0.15, 0.2) is 24.3 Å². The number of benzene rings is 1. The van der Waals surface area contributed by atoms with Crippen molar-refractivity contribution in [1.82, 2.24) is 4.98 Å². The minimum atomic E-state index is 0.702. The van der Waals surface area contributed by atoms with Crippen LogP contribution < -0.4 is 4.74 Å². The van der Waals surface area contributed by atoms with E-state index in [4.69, 9.17) is 4.74 Å². The molecule has 1 N–H and O–H groups in total. The fraction of sp³-hybridized carbons (Fsp3) is 0.273. The zero-order valence-corrected chi connectivity index (χ0v) is 7.92. The average molecular weight is 175 g/mol. The highest BCUT2D eigenvalue weighted by Gasteiger charge is 2.06. The van der Waals surface area contributed by atoms with E-state index in [0.29, 0.717) is 6.61 Å². The molecule has 2 rings (SSSR count). The number of ether oxygens (including phenoxy) is 1. The van der Waals surface area contributed by atoms with Gasteiger partial charge in [-0.25, -0.2) is 0 Å². The van der Waals surface area contributed by atoms with Gasteiger partial charge in [-0.05, 0) is 19.9 Å². The molecule has 0 aliphatic heterocycles. The molecule has 0 spiro atoms. The molecule has 0 saturated carbocycles.